The van der Waals surface area contributed by atoms with E-state index in [2.05, 4.69) is 0 Å². The van der Waals surface area contributed by atoms with E-state index in [1.54, 1.807) is 4.90 Å². The van der Waals surface area contributed by atoms with E-state index in [-0.39, 0.29) is 29.7 Å². The van der Waals surface area contributed by atoms with Crippen LogP contribution in [0.1, 0.15) is 42.9 Å². The van der Waals surface area contributed by atoms with Crippen LogP contribution in [0.25, 0.3) is 0 Å². The maximum atomic E-state index is 12.5. The molecule has 2 N–H and O–H groups in total. The zero-order valence-corrected chi connectivity index (χ0v) is 11.3. The number of hydrogen-bond donors (Lipinski definition) is 1. The number of rotatable bonds is 1. The molecule has 2 aliphatic carbocycles. The first kappa shape index (κ1) is 11.9. The maximum Gasteiger partial charge on any atom is 0.232 e. The molecule has 104 valence electrons. The molecular weight excluding hydrogens is 252 g/mol. The summed E-state index contributed by atoms with van der Waals surface area (Å²) in [5, 5.41) is 0. The molecule has 2 bridgehead atoms. The van der Waals surface area contributed by atoms with Crippen LogP contribution in [0.15, 0.2) is 18.2 Å². The van der Waals surface area contributed by atoms with Crippen LogP contribution in [0.4, 0.5) is 5.69 Å². The summed E-state index contributed by atoms with van der Waals surface area (Å²) in [5.41, 5.74) is 8.87. The topological polar surface area (TPSA) is 63.4 Å². The molecule has 0 aromatic heterocycles. The first-order chi connectivity index (χ1) is 9.65. The van der Waals surface area contributed by atoms with Gasteiger partial charge in [0.2, 0.25) is 11.8 Å². The molecular formula is C16H18N2O2. The largest absolute Gasteiger partial charge is 0.399 e. The zero-order valence-electron chi connectivity index (χ0n) is 11.3. The SMILES string of the molecule is Nc1ccc2c(c1)CCC2N1C(=O)C2CCC(C2)C1=O. The summed E-state index contributed by atoms with van der Waals surface area (Å²) in [6.07, 6.45) is 4.28. The minimum atomic E-state index is -0.0611. The van der Waals surface area contributed by atoms with E-state index in [0.717, 1.165) is 43.4 Å². The van der Waals surface area contributed by atoms with Crippen molar-refractivity contribution in [2.75, 3.05) is 5.73 Å². The third-order valence-corrected chi connectivity index (χ3v) is 5.13. The number of benzene rings is 1. The molecule has 2 fully saturated rings. The van der Waals surface area contributed by atoms with E-state index < -0.39 is 0 Å². The molecule has 1 aromatic carbocycles. The number of amides is 2. The predicted octanol–water partition coefficient (Wildman–Crippen LogP) is 2.04. The average Bonchev–Trinajstić information content (AvgIpc) is 3.03. The van der Waals surface area contributed by atoms with E-state index in [1.807, 2.05) is 18.2 Å². The van der Waals surface area contributed by atoms with Crippen molar-refractivity contribution in [1.29, 1.82) is 0 Å². The van der Waals surface area contributed by atoms with E-state index in [4.69, 9.17) is 5.73 Å². The Morgan fingerprint density at radius 2 is 1.75 bits per heavy atom. The van der Waals surface area contributed by atoms with Gasteiger partial charge < -0.3 is 5.73 Å². The second-order valence-electron chi connectivity index (χ2n) is 6.27. The fraction of sp³-hybridized carbons (Fsp3) is 0.500. The fourth-order valence-corrected chi connectivity index (χ4v) is 4.12. The van der Waals surface area contributed by atoms with Crippen molar-refractivity contribution in [2.45, 2.75) is 38.1 Å². The fourth-order valence-electron chi connectivity index (χ4n) is 4.12. The number of likely N-dealkylation sites (tertiary alicyclic amines) is 1. The number of imide groups is 1. The molecule has 0 spiro atoms. The highest BCUT2D eigenvalue weighted by Crippen LogP contribution is 2.45. The lowest BCUT2D eigenvalue weighted by molar-refractivity contribution is -0.156. The number of carbonyl (C=O) groups is 2. The molecule has 3 unspecified atom stereocenters. The first-order valence-electron chi connectivity index (χ1n) is 7.40. The van der Waals surface area contributed by atoms with Crippen LogP contribution < -0.4 is 5.73 Å². The number of nitrogens with zero attached hydrogens (tertiary/aromatic N) is 1. The zero-order chi connectivity index (χ0) is 13.9. The summed E-state index contributed by atoms with van der Waals surface area (Å²) in [6.45, 7) is 0. The standard InChI is InChI=1S/C16H18N2O2/c17-12-4-5-13-9(8-12)3-6-14(13)18-15(19)10-1-2-11(7-10)16(18)20/h4-5,8,10-11,14H,1-3,6-7,17H2. The van der Waals surface area contributed by atoms with Gasteiger partial charge in [-0.05, 0) is 55.4 Å². The number of fused-ring (bicyclic) bond motifs is 3. The summed E-state index contributed by atoms with van der Waals surface area (Å²) >= 11 is 0. The van der Waals surface area contributed by atoms with Crippen molar-refractivity contribution in [3.05, 3.63) is 29.3 Å². The molecule has 1 aromatic rings. The minimum absolute atomic E-state index is 0.0541. The summed E-state index contributed by atoms with van der Waals surface area (Å²) in [7, 11) is 0. The van der Waals surface area contributed by atoms with Gasteiger partial charge in [0.05, 0.1) is 6.04 Å². The van der Waals surface area contributed by atoms with Gasteiger partial charge in [-0.2, -0.15) is 0 Å². The third kappa shape index (κ3) is 1.54. The number of carbonyl (C=O) groups excluding carboxylic acids is 2. The van der Waals surface area contributed by atoms with E-state index in [1.165, 1.54) is 5.56 Å². The van der Waals surface area contributed by atoms with Gasteiger partial charge in [0.1, 0.15) is 0 Å². The molecule has 4 heteroatoms. The van der Waals surface area contributed by atoms with Crippen LogP contribution in [0.3, 0.4) is 0 Å². The summed E-state index contributed by atoms with van der Waals surface area (Å²) in [5.74, 6) is 0.267. The highest BCUT2D eigenvalue weighted by atomic mass is 16.2. The molecule has 1 saturated heterocycles. The number of hydrogen-bond acceptors (Lipinski definition) is 3. The van der Waals surface area contributed by atoms with Crippen molar-refractivity contribution >= 4 is 17.5 Å². The highest BCUT2D eigenvalue weighted by molar-refractivity contribution is 6.01. The van der Waals surface area contributed by atoms with Crippen LogP contribution in [0.5, 0.6) is 0 Å². The summed E-state index contributed by atoms with van der Waals surface area (Å²) < 4.78 is 0. The van der Waals surface area contributed by atoms with Crippen LogP contribution in [0.2, 0.25) is 0 Å². The smallest absolute Gasteiger partial charge is 0.232 e. The van der Waals surface area contributed by atoms with E-state index in [0.29, 0.717) is 0 Å². The van der Waals surface area contributed by atoms with Crippen LogP contribution in [0, 0.1) is 11.8 Å². The van der Waals surface area contributed by atoms with Crippen LogP contribution >= 0.6 is 0 Å². The second kappa shape index (κ2) is 4.08. The van der Waals surface area contributed by atoms with Gasteiger partial charge in [-0.1, -0.05) is 6.07 Å². The Balaban J connectivity index is 1.72. The van der Waals surface area contributed by atoms with Gasteiger partial charge in [-0.25, -0.2) is 0 Å². The van der Waals surface area contributed by atoms with Gasteiger partial charge in [-0.15, -0.1) is 0 Å². The van der Waals surface area contributed by atoms with Crippen molar-refractivity contribution < 1.29 is 9.59 Å². The molecule has 20 heavy (non-hydrogen) atoms. The van der Waals surface area contributed by atoms with Crippen LogP contribution in [-0.4, -0.2) is 16.7 Å². The van der Waals surface area contributed by atoms with Gasteiger partial charge in [0.15, 0.2) is 0 Å². The van der Waals surface area contributed by atoms with Crippen molar-refractivity contribution in [1.82, 2.24) is 4.90 Å². The van der Waals surface area contributed by atoms with Crippen molar-refractivity contribution in [2.24, 2.45) is 11.8 Å². The lowest BCUT2D eigenvalue weighted by Gasteiger charge is -2.34. The Bertz CT molecular complexity index is 588. The number of aryl methyl sites for hydroxylation is 1. The molecule has 1 saturated carbocycles. The molecule has 4 nitrogen and oxygen atoms in total. The quantitative estimate of drug-likeness (QED) is 0.627. The molecule has 0 radical (unpaired) electrons. The second-order valence-corrected chi connectivity index (χ2v) is 6.27. The van der Waals surface area contributed by atoms with Crippen molar-refractivity contribution in [3.8, 4) is 0 Å². The van der Waals surface area contributed by atoms with Gasteiger partial charge in [0.25, 0.3) is 0 Å². The van der Waals surface area contributed by atoms with E-state index >= 15 is 0 Å². The Labute approximate surface area is 117 Å². The van der Waals surface area contributed by atoms with Crippen LogP contribution in [-0.2, 0) is 16.0 Å². The molecule has 1 heterocycles. The molecule has 2 amide bonds. The first-order valence-corrected chi connectivity index (χ1v) is 7.40. The predicted molar refractivity (Wildman–Crippen MR) is 74.6 cm³/mol. The normalized spacial score (nSPS) is 31.8. The number of piperidine rings is 1. The monoisotopic (exact) mass is 270 g/mol. The Morgan fingerprint density at radius 3 is 2.45 bits per heavy atom. The summed E-state index contributed by atoms with van der Waals surface area (Å²) in [4.78, 5) is 26.7. The lowest BCUT2D eigenvalue weighted by Crippen LogP contribution is -2.47. The Morgan fingerprint density at radius 1 is 1.05 bits per heavy atom. The molecule has 1 aliphatic heterocycles. The average molecular weight is 270 g/mol. The third-order valence-electron chi connectivity index (χ3n) is 5.13. The minimum Gasteiger partial charge on any atom is -0.399 e. The lowest BCUT2D eigenvalue weighted by atomic mass is 9.94. The molecule has 3 aliphatic rings. The van der Waals surface area contributed by atoms with Crippen molar-refractivity contribution in [3.63, 3.8) is 0 Å². The highest BCUT2D eigenvalue weighted by Gasteiger charge is 2.48. The molecule has 4 rings (SSSR count). The Kier molecular flexibility index (Phi) is 2.43. The Hall–Kier alpha value is -1.84. The number of anilines is 1. The van der Waals surface area contributed by atoms with E-state index in [9.17, 15) is 9.59 Å². The number of nitrogen functional groups attached to an aromatic ring is 1. The van der Waals surface area contributed by atoms with Gasteiger partial charge in [-0.3, -0.25) is 14.5 Å². The van der Waals surface area contributed by atoms with Gasteiger partial charge in [0, 0.05) is 17.5 Å². The number of nitrogens with two attached hydrogens (primary N) is 1. The molecule has 3 atom stereocenters. The van der Waals surface area contributed by atoms with Gasteiger partial charge >= 0.3 is 0 Å². The maximum absolute atomic E-state index is 12.5. The summed E-state index contributed by atoms with van der Waals surface area (Å²) in [6, 6.07) is 5.77.